The van der Waals surface area contributed by atoms with Crippen LogP contribution in [0.3, 0.4) is 0 Å². The third-order valence-electron chi connectivity index (χ3n) is 3.29. The van der Waals surface area contributed by atoms with E-state index >= 15 is 0 Å². The van der Waals surface area contributed by atoms with Gasteiger partial charge in [-0.15, -0.1) is 0 Å². The van der Waals surface area contributed by atoms with Gasteiger partial charge in [-0.25, -0.2) is 9.98 Å². The molecule has 21 heavy (non-hydrogen) atoms. The molecule has 1 aliphatic heterocycles. The Balaban J connectivity index is 1.86. The van der Waals surface area contributed by atoms with Crippen LogP contribution in [0, 0.1) is 0 Å². The molecule has 2 heterocycles. The highest BCUT2D eigenvalue weighted by molar-refractivity contribution is 8.00. The van der Waals surface area contributed by atoms with Gasteiger partial charge in [-0.3, -0.25) is 0 Å². The quantitative estimate of drug-likeness (QED) is 0.622. The molecule has 1 aliphatic rings. The predicted octanol–water partition coefficient (Wildman–Crippen LogP) is 2.04. The first kappa shape index (κ1) is 15.9. The van der Waals surface area contributed by atoms with Crippen LogP contribution in [0.4, 0.5) is 0 Å². The second kappa shape index (κ2) is 8.77. The Morgan fingerprint density at radius 1 is 1.48 bits per heavy atom. The Hall–Kier alpha value is -1.43. The molecule has 0 spiro atoms. The number of nitrogens with one attached hydrogen (secondary N) is 2. The van der Waals surface area contributed by atoms with E-state index in [1.54, 1.807) is 13.3 Å². The highest BCUT2D eigenvalue weighted by Crippen LogP contribution is 2.25. The van der Waals surface area contributed by atoms with Crippen molar-refractivity contribution >= 4 is 17.7 Å². The molecule has 2 N–H and O–H groups in total. The first-order valence-electron chi connectivity index (χ1n) is 7.44. The van der Waals surface area contributed by atoms with Crippen molar-refractivity contribution in [3.05, 3.63) is 23.9 Å². The molecular formula is C15H24N4OS. The predicted molar refractivity (Wildman–Crippen MR) is 89.1 cm³/mol. The van der Waals surface area contributed by atoms with Crippen molar-refractivity contribution in [1.29, 1.82) is 0 Å². The first-order chi connectivity index (χ1) is 10.3. The lowest BCUT2D eigenvalue weighted by Gasteiger charge is -2.14. The Labute approximate surface area is 131 Å². The Morgan fingerprint density at radius 3 is 3.00 bits per heavy atom. The smallest absolute Gasteiger partial charge is 0.212 e. The number of aromatic nitrogens is 1. The summed E-state index contributed by atoms with van der Waals surface area (Å²) in [6.45, 7) is 4.54. The molecule has 1 aromatic rings. The summed E-state index contributed by atoms with van der Waals surface area (Å²) in [4.78, 5) is 8.80. The molecule has 6 heteroatoms. The number of hydrogen-bond acceptors (Lipinski definition) is 4. The van der Waals surface area contributed by atoms with E-state index in [1.807, 2.05) is 12.1 Å². The second-order valence-electron chi connectivity index (χ2n) is 4.92. The van der Waals surface area contributed by atoms with E-state index in [2.05, 4.69) is 39.3 Å². The lowest BCUT2D eigenvalue weighted by molar-refractivity contribution is 0.397. The minimum atomic E-state index is 0.615. The standard InChI is InChI=1S/C15H24N4OS/c1-3-16-15(19-11-13-5-4-8-21-13)18-10-12-6-7-14(20-2)17-9-12/h6-7,9,13H,3-5,8,10-11H2,1-2H3,(H2,16,18,19). The van der Waals surface area contributed by atoms with Crippen LogP contribution in [0.25, 0.3) is 0 Å². The average Bonchev–Trinajstić information content (AvgIpc) is 3.04. The maximum absolute atomic E-state index is 5.05. The van der Waals surface area contributed by atoms with Gasteiger partial charge in [0.15, 0.2) is 5.96 Å². The van der Waals surface area contributed by atoms with Gasteiger partial charge in [-0.2, -0.15) is 11.8 Å². The maximum Gasteiger partial charge on any atom is 0.212 e. The van der Waals surface area contributed by atoms with E-state index in [0.29, 0.717) is 12.4 Å². The van der Waals surface area contributed by atoms with Crippen LogP contribution in [-0.2, 0) is 6.54 Å². The summed E-state index contributed by atoms with van der Waals surface area (Å²) in [5.41, 5.74) is 1.07. The summed E-state index contributed by atoms with van der Waals surface area (Å²) in [7, 11) is 1.62. The van der Waals surface area contributed by atoms with Gasteiger partial charge in [0.25, 0.3) is 0 Å². The molecule has 1 saturated heterocycles. The van der Waals surface area contributed by atoms with Crippen LogP contribution >= 0.6 is 11.8 Å². The maximum atomic E-state index is 5.05. The van der Waals surface area contributed by atoms with Crippen molar-refractivity contribution in [1.82, 2.24) is 15.6 Å². The van der Waals surface area contributed by atoms with Crippen LogP contribution in [-0.4, -0.2) is 42.1 Å². The molecule has 1 aromatic heterocycles. The first-order valence-corrected chi connectivity index (χ1v) is 8.49. The molecule has 0 amide bonds. The average molecular weight is 308 g/mol. The molecule has 1 atom stereocenters. The van der Waals surface area contributed by atoms with Crippen LogP contribution in [0.1, 0.15) is 25.3 Å². The largest absolute Gasteiger partial charge is 0.481 e. The van der Waals surface area contributed by atoms with Crippen molar-refractivity contribution in [3.63, 3.8) is 0 Å². The Kier molecular flexibility index (Phi) is 6.66. The van der Waals surface area contributed by atoms with Gasteiger partial charge in [-0.1, -0.05) is 6.07 Å². The highest BCUT2D eigenvalue weighted by Gasteiger charge is 2.15. The van der Waals surface area contributed by atoms with Gasteiger partial charge in [0.2, 0.25) is 5.88 Å². The van der Waals surface area contributed by atoms with Crippen molar-refractivity contribution in [3.8, 4) is 5.88 Å². The Bertz CT molecular complexity index is 443. The summed E-state index contributed by atoms with van der Waals surface area (Å²) in [5, 5.41) is 7.43. The fourth-order valence-electron chi connectivity index (χ4n) is 2.15. The van der Waals surface area contributed by atoms with Gasteiger partial charge < -0.3 is 15.4 Å². The van der Waals surface area contributed by atoms with E-state index in [-0.39, 0.29) is 0 Å². The normalized spacial score (nSPS) is 18.6. The molecule has 116 valence electrons. The van der Waals surface area contributed by atoms with E-state index in [1.165, 1.54) is 18.6 Å². The van der Waals surface area contributed by atoms with Crippen LogP contribution < -0.4 is 15.4 Å². The Morgan fingerprint density at radius 2 is 2.38 bits per heavy atom. The summed E-state index contributed by atoms with van der Waals surface area (Å²) in [6.07, 6.45) is 4.44. The molecule has 1 unspecified atom stereocenters. The summed E-state index contributed by atoms with van der Waals surface area (Å²) in [5.74, 6) is 2.80. The van der Waals surface area contributed by atoms with Crippen molar-refractivity contribution in [2.24, 2.45) is 4.99 Å². The fourth-order valence-corrected chi connectivity index (χ4v) is 3.35. The number of guanidine groups is 1. The van der Waals surface area contributed by atoms with Gasteiger partial charge in [0.1, 0.15) is 0 Å². The van der Waals surface area contributed by atoms with Crippen LogP contribution in [0.15, 0.2) is 23.3 Å². The minimum absolute atomic E-state index is 0.615. The van der Waals surface area contributed by atoms with Gasteiger partial charge >= 0.3 is 0 Å². The van der Waals surface area contributed by atoms with Crippen LogP contribution in [0.2, 0.25) is 0 Å². The molecule has 0 radical (unpaired) electrons. The number of thioether (sulfide) groups is 1. The monoisotopic (exact) mass is 308 g/mol. The zero-order chi connectivity index (χ0) is 14.9. The van der Waals surface area contributed by atoms with Gasteiger partial charge in [-0.05, 0) is 31.1 Å². The third kappa shape index (κ3) is 5.46. The second-order valence-corrected chi connectivity index (χ2v) is 6.33. The molecular weight excluding hydrogens is 284 g/mol. The molecule has 1 fully saturated rings. The topological polar surface area (TPSA) is 58.5 Å². The van der Waals surface area contributed by atoms with Gasteiger partial charge in [0, 0.05) is 30.6 Å². The zero-order valence-corrected chi connectivity index (χ0v) is 13.6. The van der Waals surface area contributed by atoms with E-state index in [0.717, 1.165) is 29.9 Å². The molecule has 2 rings (SSSR count). The van der Waals surface area contributed by atoms with E-state index in [9.17, 15) is 0 Å². The van der Waals surface area contributed by atoms with Crippen molar-refractivity contribution in [2.75, 3.05) is 26.0 Å². The number of ether oxygens (including phenoxy) is 1. The fraction of sp³-hybridized carbons (Fsp3) is 0.600. The lowest BCUT2D eigenvalue weighted by atomic mass is 10.2. The summed E-state index contributed by atoms with van der Waals surface area (Å²) >= 11 is 2.05. The van der Waals surface area contributed by atoms with Crippen LogP contribution in [0.5, 0.6) is 5.88 Å². The lowest BCUT2D eigenvalue weighted by Crippen LogP contribution is -2.40. The van der Waals surface area contributed by atoms with Gasteiger partial charge in [0.05, 0.1) is 13.7 Å². The van der Waals surface area contributed by atoms with E-state index < -0.39 is 0 Å². The number of hydrogen-bond donors (Lipinski definition) is 2. The molecule has 0 aromatic carbocycles. The summed E-state index contributed by atoms with van der Waals surface area (Å²) < 4.78 is 5.05. The zero-order valence-electron chi connectivity index (χ0n) is 12.8. The highest BCUT2D eigenvalue weighted by atomic mass is 32.2. The number of rotatable bonds is 6. The molecule has 0 saturated carbocycles. The minimum Gasteiger partial charge on any atom is -0.481 e. The number of aliphatic imine (C=N–C) groups is 1. The number of methoxy groups -OCH3 is 1. The number of pyridine rings is 1. The summed E-state index contributed by atoms with van der Waals surface area (Å²) in [6, 6.07) is 3.85. The third-order valence-corrected chi connectivity index (χ3v) is 4.69. The molecule has 0 aliphatic carbocycles. The molecule has 5 nitrogen and oxygen atoms in total. The van der Waals surface area contributed by atoms with Crippen molar-refractivity contribution in [2.45, 2.75) is 31.6 Å². The van der Waals surface area contributed by atoms with Crippen molar-refractivity contribution < 1.29 is 4.74 Å². The SMILES string of the molecule is CCNC(=NCc1ccc(OC)nc1)NCC1CCCS1. The number of nitrogens with zero attached hydrogens (tertiary/aromatic N) is 2. The van der Waals surface area contributed by atoms with E-state index in [4.69, 9.17) is 4.74 Å². The molecule has 0 bridgehead atoms.